The number of aliphatic imine (C=N–C) groups is 1. The van der Waals surface area contributed by atoms with Gasteiger partial charge in [0.2, 0.25) is 0 Å². The topological polar surface area (TPSA) is 97.9 Å². The minimum Gasteiger partial charge on any atom is -0.464 e. The van der Waals surface area contributed by atoms with Crippen LogP contribution in [0.15, 0.2) is 21.5 Å². The molecule has 2 N–H and O–H groups in total. The number of thioether (sulfide) groups is 1. The third kappa shape index (κ3) is 9.67. The molecule has 0 spiro atoms. The van der Waals surface area contributed by atoms with Crippen molar-refractivity contribution in [1.29, 1.82) is 0 Å². The lowest BCUT2D eigenvalue weighted by Gasteiger charge is -2.24. The molecule has 2 unspecified atom stereocenters. The minimum atomic E-state index is -0.396. The molecule has 0 aromatic carbocycles. The fourth-order valence-corrected chi connectivity index (χ4v) is 4.89. The summed E-state index contributed by atoms with van der Waals surface area (Å²) in [6.07, 6.45) is 9.29. The van der Waals surface area contributed by atoms with E-state index in [4.69, 9.17) is 10.2 Å². The van der Waals surface area contributed by atoms with Crippen LogP contribution in [0.25, 0.3) is 0 Å². The van der Waals surface area contributed by atoms with E-state index in [-0.39, 0.29) is 18.4 Å². The van der Waals surface area contributed by atoms with E-state index in [2.05, 4.69) is 22.0 Å². The van der Waals surface area contributed by atoms with Crippen molar-refractivity contribution >= 4 is 17.6 Å². The van der Waals surface area contributed by atoms with Crippen LogP contribution >= 0.6 is 11.8 Å². The molecular formula is C21H36N4O3S. The third-order valence-corrected chi connectivity index (χ3v) is 6.32. The molecule has 7 nitrogen and oxygen atoms in total. The van der Waals surface area contributed by atoms with Crippen molar-refractivity contribution in [3.8, 4) is 0 Å². The second-order valence-electron chi connectivity index (χ2n) is 8.23. The van der Waals surface area contributed by atoms with Gasteiger partial charge in [-0.2, -0.15) is 11.8 Å². The number of nitro groups is 1. The van der Waals surface area contributed by atoms with Crippen LogP contribution in [0.1, 0.15) is 62.9 Å². The number of rotatable bonds is 10. The highest BCUT2D eigenvalue weighted by molar-refractivity contribution is 7.98. The van der Waals surface area contributed by atoms with Crippen LogP contribution in [-0.4, -0.2) is 48.1 Å². The van der Waals surface area contributed by atoms with E-state index in [9.17, 15) is 10.1 Å². The Hall–Kier alpha value is -1.54. The molecule has 1 aromatic heterocycles. The lowest BCUT2D eigenvalue weighted by molar-refractivity contribution is -0.463. The molecule has 0 aliphatic heterocycles. The summed E-state index contributed by atoms with van der Waals surface area (Å²) in [6, 6.07) is 4.23. The predicted octanol–water partition coefficient (Wildman–Crippen LogP) is 4.33. The lowest BCUT2D eigenvalue weighted by Crippen LogP contribution is -2.28. The largest absolute Gasteiger partial charge is 0.464 e. The molecule has 1 aromatic rings. The Morgan fingerprint density at radius 3 is 2.66 bits per heavy atom. The molecule has 29 heavy (non-hydrogen) atoms. The minimum absolute atomic E-state index is 0.115. The molecule has 1 saturated carbocycles. The molecule has 8 heteroatoms. The van der Waals surface area contributed by atoms with Crippen molar-refractivity contribution in [3.63, 3.8) is 0 Å². The van der Waals surface area contributed by atoms with Gasteiger partial charge in [0.1, 0.15) is 11.5 Å². The standard InChI is InChI=1S/C21H36N4O3S/c1-24(2)14-18-10-11-19(28-18)16-29-13-12-17-8-6-4-3-5-7-9-20(17)23-21(22)15-25(26)27/h10-11,17,20H,3-9,12-16H2,1-2H3,(H2,22,23). The van der Waals surface area contributed by atoms with Crippen molar-refractivity contribution in [1.82, 2.24) is 4.90 Å². The smallest absolute Gasteiger partial charge is 0.259 e. The summed E-state index contributed by atoms with van der Waals surface area (Å²) in [5.41, 5.74) is 5.85. The normalized spacial score (nSPS) is 21.6. The summed E-state index contributed by atoms with van der Waals surface area (Å²) >= 11 is 1.89. The van der Waals surface area contributed by atoms with Gasteiger partial charge in [-0.05, 0) is 57.2 Å². The van der Waals surface area contributed by atoms with Gasteiger partial charge >= 0.3 is 0 Å². The molecule has 2 rings (SSSR count). The first-order valence-electron chi connectivity index (χ1n) is 10.7. The second kappa shape index (κ2) is 12.9. The van der Waals surface area contributed by atoms with Crippen LogP contribution in [0.2, 0.25) is 0 Å². The maximum atomic E-state index is 10.7. The number of nitrogens with two attached hydrogens (primary N) is 1. The van der Waals surface area contributed by atoms with Crippen LogP contribution in [-0.2, 0) is 12.3 Å². The van der Waals surface area contributed by atoms with Crippen LogP contribution in [0.4, 0.5) is 0 Å². The summed E-state index contributed by atoms with van der Waals surface area (Å²) in [5.74, 6) is 4.55. The highest BCUT2D eigenvalue weighted by Crippen LogP contribution is 2.29. The molecule has 2 atom stereocenters. The summed E-state index contributed by atoms with van der Waals surface area (Å²) in [7, 11) is 4.07. The number of hydrogen-bond donors (Lipinski definition) is 1. The first kappa shape index (κ1) is 23.7. The van der Waals surface area contributed by atoms with Gasteiger partial charge in [0.05, 0.1) is 18.3 Å². The Bertz CT molecular complexity index is 648. The van der Waals surface area contributed by atoms with Crippen molar-refractivity contribution in [3.05, 3.63) is 33.8 Å². The van der Waals surface area contributed by atoms with Crippen molar-refractivity contribution in [2.45, 2.75) is 69.7 Å². The summed E-state index contributed by atoms with van der Waals surface area (Å²) < 4.78 is 5.89. The van der Waals surface area contributed by atoms with Gasteiger partial charge in [0.15, 0.2) is 5.84 Å². The summed E-state index contributed by atoms with van der Waals surface area (Å²) in [4.78, 5) is 17.0. The van der Waals surface area contributed by atoms with Gasteiger partial charge in [-0.25, -0.2) is 0 Å². The zero-order valence-electron chi connectivity index (χ0n) is 17.8. The zero-order chi connectivity index (χ0) is 21.1. The van der Waals surface area contributed by atoms with Gasteiger partial charge in [-0.1, -0.05) is 32.1 Å². The number of furan rings is 1. The van der Waals surface area contributed by atoms with Gasteiger partial charge in [0, 0.05) is 4.92 Å². The van der Waals surface area contributed by atoms with E-state index in [0.717, 1.165) is 55.3 Å². The van der Waals surface area contributed by atoms with E-state index in [1.165, 1.54) is 25.7 Å². The number of amidine groups is 1. The number of hydrogen-bond acceptors (Lipinski definition) is 6. The Balaban J connectivity index is 1.87. The Morgan fingerprint density at radius 1 is 1.24 bits per heavy atom. The van der Waals surface area contributed by atoms with Crippen molar-refractivity contribution in [2.75, 3.05) is 26.4 Å². The van der Waals surface area contributed by atoms with Crippen LogP contribution in [0.3, 0.4) is 0 Å². The van der Waals surface area contributed by atoms with Crippen LogP contribution in [0.5, 0.6) is 0 Å². The first-order valence-corrected chi connectivity index (χ1v) is 11.8. The van der Waals surface area contributed by atoms with Gasteiger partial charge in [0.25, 0.3) is 6.54 Å². The van der Waals surface area contributed by atoms with E-state index in [1.807, 2.05) is 25.9 Å². The Kier molecular flexibility index (Phi) is 10.6. The van der Waals surface area contributed by atoms with Crippen LogP contribution < -0.4 is 5.73 Å². The molecule has 0 saturated heterocycles. The number of nitrogens with zero attached hydrogens (tertiary/aromatic N) is 3. The average Bonchev–Trinajstić information content (AvgIpc) is 3.10. The van der Waals surface area contributed by atoms with Gasteiger partial charge in [-0.15, -0.1) is 0 Å². The van der Waals surface area contributed by atoms with Crippen LogP contribution in [0, 0.1) is 16.0 Å². The fraction of sp³-hybridized carbons (Fsp3) is 0.762. The van der Waals surface area contributed by atoms with Crippen molar-refractivity contribution < 1.29 is 9.34 Å². The third-order valence-electron chi connectivity index (χ3n) is 5.31. The Labute approximate surface area is 178 Å². The molecule has 0 radical (unpaired) electrons. The maximum Gasteiger partial charge on any atom is 0.259 e. The average molecular weight is 425 g/mol. The molecular weight excluding hydrogens is 388 g/mol. The van der Waals surface area contributed by atoms with E-state index < -0.39 is 4.92 Å². The fourth-order valence-electron chi connectivity index (χ4n) is 3.92. The Morgan fingerprint density at radius 2 is 1.93 bits per heavy atom. The lowest BCUT2D eigenvalue weighted by atomic mass is 9.89. The van der Waals surface area contributed by atoms with E-state index in [0.29, 0.717) is 5.92 Å². The highest BCUT2D eigenvalue weighted by atomic mass is 32.2. The molecule has 1 fully saturated rings. The molecule has 0 bridgehead atoms. The zero-order valence-corrected chi connectivity index (χ0v) is 18.7. The van der Waals surface area contributed by atoms with Crippen molar-refractivity contribution in [2.24, 2.45) is 16.6 Å². The molecule has 164 valence electrons. The van der Waals surface area contributed by atoms with Gasteiger partial charge in [-0.3, -0.25) is 15.1 Å². The molecule has 1 aliphatic carbocycles. The quantitative estimate of drug-likeness (QED) is 0.197. The molecule has 1 aliphatic rings. The monoisotopic (exact) mass is 424 g/mol. The first-order chi connectivity index (χ1) is 13.9. The summed E-state index contributed by atoms with van der Waals surface area (Å²) in [5, 5.41) is 10.7. The predicted molar refractivity (Wildman–Crippen MR) is 120 cm³/mol. The maximum absolute atomic E-state index is 10.7. The van der Waals surface area contributed by atoms with E-state index >= 15 is 0 Å². The summed E-state index contributed by atoms with van der Waals surface area (Å²) in [6.45, 7) is 0.462. The second-order valence-corrected chi connectivity index (χ2v) is 9.34. The highest BCUT2D eigenvalue weighted by Gasteiger charge is 2.22. The molecule has 1 heterocycles. The van der Waals surface area contributed by atoms with Gasteiger partial charge < -0.3 is 15.1 Å². The SMILES string of the molecule is CN(C)Cc1ccc(CSCCC2CCCCCCCC2N=C(N)C[N+](=O)[O-])o1. The van der Waals surface area contributed by atoms with E-state index in [1.54, 1.807) is 0 Å². The molecule has 0 amide bonds.